The van der Waals surface area contributed by atoms with Crippen LogP contribution in [0.2, 0.25) is 0 Å². The Morgan fingerprint density at radius 1 is 1.44 bits per heavy atom. The highest BCUT2D eigenvalue weighted by atomic mass is 16.6. The fourth-order valence-electron chi connectivity index (χ4n) is 1.79. The molecule has 4 heteroatoms. The van der Waals surface area contributed by atoms with E-state index in [9.17, 15) is 9.59 Å². The van der Waals surface area contributed by atoms with Crippen LogP contribution in [0.5, 0.6) is 0 Å². The zero-order valence-corrected chi connectivity index (χ0v) is 9.15. The van der Waals surface area contributed by atoms with Gasteiger partial charge in [-0.3, -0.25) is 0 Å². The second-order valence-corrected chi connectivity index (χ2v) is 3.69. The van der Waals surface area contributed by atoms with E-state index in [1.165, 1.54) is 0 Å². The first-order valence-electron chi connectivity index (χ1n) is 5.09. The van der Waals surface area contributed by atoms with Crippen molar-refractivity contribution in [2.24, 2.45) is 0 Å². The van der Waals surface area contributed by atoms with Gasteiger partial charge in [-0.15, -0.1) is 0 Å². The summed E-state index contributed by atoms with van der Waals surface area (Å²) in [4.78, 5) is 23.3. The van der Waals surface area contributed by atoms with Crippen LogP contribution in [0.4, 0.5) is 0 Å². The number of carbonyl (C=O) groups excluding carboxylic acids is 2. The van der Waals surface area contributed by atoms with Crippen LogP contribution < -0.4 is 0 Å². The van der Waals surface area contributed by atoms with Crippen molar-refractivity contribution in [3.8, 4) is 0 Å². The number of fused-ring (bicyclic) bond motifs is 1. The summed E-state index contributed by atoms with van der Waals surface area (Å²) in [7, 11) is 0. The Kier molecular flexibility index (Phi) is 2.42. The molecule has 0 saturated carbocycles. The molecule has 16 heavy (non-hydrogen) atoms. The third kappa shape index (κ3) is 1.38. The topological polar surface area (TPSA) is 52.6 Å². The molecule has 0 amide bonds. The van der Waals surface area contributed by atoms with E-state index in [0.717, 1.165) is 0 Å². The van der Waals surface area contributed by atoms with Gasteiger partial charge in [0, 0.05) is 5.56 Å². The molecular weight excluding hydrogens is 208 g/mol. The van der Waals surface area contributed by atoms with Crippen molar-refractivity contribution >= 4 is 11.9 Å². The minimum atomic E-state index is -1.30. The molecule has 0 aliphatic carbocycles. The zero-order chi connectivity index (χ0) is 11.8. The first kappa shape index (κ1) is 10.7. The van der Waals surface area contributed by atoms with E-state index in [-0.39, 0.29) is 6.61 Å². The van der Waals surface area contributed by atoms with E-state index in [0.29, 0.717) is 11.1 Å². The molecule has 0 saturated heterocycles. The summed E-state index contributed by atoms with van der Waals surface area (Å²) in [6.45, 7) is 3.52. The van der Waals surface area contributed by atoms with Crippen LogP contribution in [0.3, 0.4) is 0 Å². The molecule has 0 fully saturated rings. The van der Waals surface area contributed by atoms with Crippen molar-refractivity contribution < 1.29 is 19.1 Å². The predicted octanol–water partition coefficient (Wildman–Crippen LogP) is 1.64. The lowest BCUT2D eigenvalue weighted by atomic mass is 9.94. The Morgan fingerprint density at radius 3 is 2.81 bits per heavy atom. The van der Waals surface area contributed by atoms with E-state index in [4.69, 9.17) is 9.47 Å². The number of esters is 2. The molecule has 4 nitrogen and oxygen atoms in total. The standard InChI is InChI=1S/C12H12O4/c1-3-15-11(14)12(2)9-7-5-4-6-8(9)10(13)16-12/h4-7H,3H2,1-2H3. The summed E-state index contributed by atoms with van der Waals surface area (Å²) < 4.78 is 10.0. The van der Waals surface area contributed by atoms with Crippen LogP contribution in [-0.2, 0) is 19.9 Å². The van der Waals surface area contributed by atoms with E-state index < -0.39 is 17.5 Å². The fourth-order valence-corrected chi connectivity index (χ4v) is 1.79. The third-order valence-corrected chi connectivity index (χ3v) is 2.62. The lowest BCUT2D eigenvalue weighted by Crippen LogP contribution is -2.34. The Bertz CT molecular complexity index is 452. The highest BCUT2D eigenvalue weighted by Gasteiger charge is 2.48. The van der Waals surface area contributed by atoms with Crippen LogP contribution in [0.25, 0.3) is 0 Å². The highest BCUT2D eigenvalue weighted by Crippen LogP contribution is 2.36. The van der Waals surface area contributed by atoms with Gasteiger partial charge in [0.2, 0.25) is 5.60 Å². The number of hydrogen-bond donors (Lipinski definition) is 0. The van der Waals surface area contributed by atoms with E-state index in [2.05, 4.69) is 0 Å². The van der Waals surface area contributed by atoms with Crippen molar-refractivity contribution in [1.82, 2.24) is 0 Å². The zero-order valence-electron chi connectivity index (χ0n) is 9.15. The van der Waals surface area contributed by atoms with Crippen molar-refractivity contribution in [1.29, 1.82) is 0 Å². The molecule has 0 N–H and O–H groups in total. The molecule has 0 aromatic heterocycles. The Hall–Kier alpha value is -1.84. The summed E-state index contributed by atoms with van der Waals surface area (Å²) in [6, 6.07) is 6.84. The average molecular weight is 220 g/mol. The second kappa shape index (κ2) is 3.63. The summed E-state index contributed by atoms with van der Waals surface area (Å²) in [5, 5.41) is 0. The van der Waals surface area contributed by atoms with Gasteiger partial charge < -0.3 is 9.47 Å². The Balaban J connectivity index is 2.46. The fraction of sp³-hybridized carbons (Fsp3) is 0.333. The molecule has 0 radical (unpaired) electrons. The SMILES string of the molecule is CCOC(=O)C1(C)OC(=O)c2ccccc21. The van der Waals surface area contributed by atoms with Gasteiger partial charge in [-0.2, -0.15) is 0 Å². The van der Waals surface area contributed by atoms with Crippen molar-refractivity contribution in [2.75, 3.05) is 6.61 Å². The van der Waals surface area contributed by atoms with Crippen molar-refractivity contribution in [2.45, 2.75) is 19.4 Å². The average Bonchev–Trinajstić information content (AvgIpc) is 2.54. The minimum Gasteiger partial charge on any atom is -0.463 e. The quantitative estimate of drug-likeness (QED) is 0.711. The third-order valence-electron chi connectivity index (χ3n) is 2.62. The van der Waals surface area contributed by atoms with Gasteiger partial charge in [0.1, 0.15) is 0 Å². The molecular formula is C12H12O4. The molecule has 1 aromatic rings. The first-order valence-corrected chi connectivity index (χ1v) is 5.09. The summed E-state index contributed by atoms with van der Waals surface area (Å²) in [5.74, 6) is -1.01. The molecule has 1 unspecified atom stereocenters. The smallest absolute Gasteiger partial charge is 0.355 e. The van der Waals surface area contributed by atoms with E-state index in [1.807, 2.05) is 0 Å². The number of benzene rings is 1. The van der Waals surface area contributed by atoms with Crippen LogP contribution in [-0.4, -0.2) is 18.5 Å². The minimum absolute atomic E-state index is 0.258. The Labute approximate surface area is 93.2 Å². The van der Waals surface area contributed by atoms with Gasteiger partial charge in [0.25, 0.3) is 0 Å². The highest BCUT2D eigenvalue weighted by molar-refractivity contribution is 6.00. The number of carbonyl (C=O) groups is 2. The second-order valence-electron chi connectivity index (χ2n) is 3.69. The Morgan fingerprint density at radius 2 is 2.12 bits per heavy atom. The van der Waals surface area contributed by atoms with Crippen molar-refractivity contribution in [3.63, 3.8) is 0 Å². The summed E-state index contributed by atoms with van der Waals surface area (Å²) in [6.07, 6.45) is 0. The molecule has 1 aliphatic heterocycles. The van der Waals surface area contributed by atoms with Crippen LogP contribution in [0.1, 0.15) is 29.8 Å². The largest absolute Gasteiger partial charge is 0.463 e. The molecule has 1 atom stereocenters. The molecule has 0 bridgehead atoms. The van der Waals surface area contributed by atoms with Crippen molar-refractivity contribution in [3.05, 3.63) is 35.4 Å². The van der Waals surface area contributed by atoms with Gasteiger partial charge in [-0.25, -0.2) is 9.59 Å². The number of ether oxygens (including phenoxy) is 2. The molecule has 1 aliphatic rings. The molecule has 2 rings (SSSR count). The molecule has 0 spiro atoms. The predicted molar refractivity (Wildman–Crippen MR) is 55.8 cm³/mol. The maximum Gasteiger partial charge on any atom is 0.355 e. The monoisotopic (exact) mass is 220 g/mol. The normalized spacial score (nSPS) is 22.5. The number of rotatable bonds is 2. The van der Waals surface area contributed by atoms with Crippen LogP contribution in [0.15, 0.2) is 24.3 Å². The molecule has 1 aromatic carbocycles. The number of cyclic esters (lactones) is 1. The number of hydrogen-bond acceptors (Lipinski definition) is 4. The molecule has 84 valence electrons. The summed E-state index contributed by atoms with van der Waals surface area (Å²) >= 11 is 0. The maximum atomic E-state index is 11.8. The first-order chi connectivity index (χ1) is 7.59. The van der Waals surface area contributed by atoms with Crippen LogP contribution >= 0.6 is 0 Å². The molecule has 1 heterocycles. The van der Waals surface area contributed by atoms with E-state index in [1.54, 1.807) is 38.1 Å². The lowest BCUT2D eigenvalue weighted by molar-refractivity contribution is -0.163. The van der Waals surface area contributed by atoms with Gasteiger partial charge in [-0.05, 0) is 19.9 Å². The lowest BCUT2D eigenvalue weighted by Gasteiger charge is -2.21. The van der Waals surface area contributed by atoms with Gasteiger partial charge in [0.15, 0.2) is 0 Å². The van der Waals surface area contributed by atoms with Gasteiger partial charge in [-0.1, -0.05) is 18.2 Å². The maximum absolute atomic E-state index is 11.8. The van der Waals surface area contributed by atoms with Gasteiger partial charge >= 0.3 is 11.9 Å². The summed E-state index contributed by atoms with van der Waals surface area (Å²) in [5.41, 5.74) is -0.305. The van der Waals surface area contributed by atoms with Gasteiger partial charge in [0.05, 0.1) is 12.2 Å². The van der Waals surface area contributed by atoms with E-state index >= 15 is 0 Å². The van der Waals surface area contributed by atoms with Crippen LogP contribution in [0, 0.1) is 0 Å².